The van der Waals surface area contributed by atoms with Crippen LogP contribution in [0.1, 0.15) is 6.92 Å². The second-order valence-electron chi connectivity index (χ2n) is 5.09. The smallest absolute Gasteiger partial charge is 0.260 e. The van der Waals surface area contributed by atoms with Crippen molar-refractivity contribution in [1.29, 1.82) is 0 Å². The number of carbonyl (C=O) groups is 1. The number of hydrogen-bond acceptors (Lipinski definition) is 4. The summed E-state index contributed by atoms with van der Waals surface area (Å²) in [5.41, 5.74) is 0. The quantitative estimate of drug-likeness (QED) is 0.796. The molecule has 0 saturated carbocycles. The maximum atomic E-state index is 12.1. The first-order valence-electron chi connectivity index (χ1n) is 7.62. The minimum absolute atomic E-state index is 0.240. The van der Waals surface area contributed by atoms with E-state index in [1.54, 1.807) is 38.3 Å². The molecule has 2 rings (SSSR count). The summed E-state index contributed by atoms with van der Waals surface area (Å²) in [4.78, 5) is 12.8. The zero-order chi connectivity index (χ0) is 17.4. The minimum atomic E-state index is -1.12. The Bertz CT molecular complexity index is 673. The van der Waals surface area contributed by atoms with Crippen LogP contribution in [0.15, 0.2) is 59.5 Å². The summed E-state index contributed by atoms with van der Waals surface area (Å²) in [6.07, 6.45) is -0.636. The summed E-state index contributed by atoms with van der Waals surface area (Å²) >= 11 is 0. The summed E-state index contributed by atoms with van der Waals surface area (Å²) in [5, 5.41) is 2.74. The molecule has 0 bridgehead atoms. The third-order valence-electron chi connectivity index (χ3n) is 3.33. The van der Waals surface area contributed by atoms with Gasteiger partial charge < -0.3 is 14.8 Å². The van der Waals surface area contributed by atoms with Gasteiger partial charge in [0.1, 0.15) is 11.5 Å². The van der Waals surface area contributed by atoms with E-state index in [4.69, 9.17) is 9.47 Å². The molecule has 24 heavy (non-hydrogen) atoms. The lowest BCUT2D eigenvalue weighted by Crippen LogP contribution is -2.38. The van der Waals surface area contributed by atoms with Crippen LogP contribution in [0.2, 0.25) is 0 Å². The highest BCUT2D eigenvalue weighted by Gasteiger charge is 2.14. The normalized spacial score (nSPS) is 12.9. The molecule has 2 aromatic carbocycles. The maximum absolute atomic E-state index is 12.1. The lowest BCUT2D eigenvalue weighted by Gasteiger charge is -2.15. The maximum Gasteiger partial charge on any atom is 0.260 e. The van der Waals surface area contributed by atoms with Crippen LogP contribution in [-0.2, 0) is 15.6 Å². The van der Waals surface area contributed by atoms with Gasteiger partial charge in [-0.15, -0.1) is 0 Å². The second kappa shape index (κ2) is 9.08. The number of amides is 1. The number of rotatable bonds is 8. The Hall–Kier alpha value is -2.34. The van der Waals surface area contributed by atoms with Gasteiger partial charge in [-0.1, -0.05) is 18.2 Å². The average Bonchev–Trinajstić information content (AvgIpc) is 2.62. The van der Waals surface area contributed by atoms with E-state index in [-0.39, 0.29) is 5.91 Å². The molecule has 0 radical (unpaired) electrons. The lowest BCUT2D eigenvalue weighted by atomic mass is 10.3. The molecule has 0 aliphatic carbocycles. The first kappa shape index (κ1) is 18.0. The Labute approximate surface area is 144 Å². The fourth-order valence-electron chi connectivity index (χ4n) is 2.01. The molecule has 2 aromatic rings. The zero-order valence-electron chi connectivity index (χ0n) is 13.7. The molecule has 0 aliphatic heterocycles. The molecule has 0 aromatic heterocycles. The van der Waals surface area contributed by atoms with Crippen molar-refractivity contribution in [2.75, 3.05) is 19.4 Å². The number of methoxy groups -OCH3 is 1. The number of hydrogen-bond donors (Lipinski definition) is 1. The molecule has 2 atom stereocenters. The number of carbonyl (C=O) groups excluding carboxylic acids is 1. The Balaban J connectivity index is 1.76. The van der Waals surface area contributed by atoms with Gasteiger partial charge in [0.15, 0.2) is 6.10 Å². The monoisotopic (exact) mass is 347 g/mol. The van der Waals surface area contributed by atoms with Crippen LogP contribution >= 0.6 is 0 Å². The van der Waals surface area contributed by atoms with Gasteiger partial charge >= 0.3 is 0 Å². The Kier molecular flexibility index (Phi) is 6.81. The Morgan fingerprint density at radius 1 is 1.08 bits per heavy atom. The van der Waals surface area contributed by atoms with Gasteiger partial charge in [0.2, 0.25) is 0 Å². The fraction of sp³-hybridized carbons (Fsp3) is 0.278. The van der Waals surface area contributed by atoms with E-state index in [1.165, 1.54) is 0 Å². The van der Waals surface area contributed by atoms with Crippen LogP contribution in [0.5, 0.6) is 11.5 Å². The third-order valence-corrected chi connectivity index (χ3v) is 4.71. The predicted molar refractivity (Wildman–Crippen MR) is 93.8 cm³/mol. The van der Waals surface area contributed by atoms with Crippen LogP contribution in [0.3, 0.4) is 0 Å². The Morgan fingerprint density at radius 3 is 2.33 bits per heavy atom. The van der Waals surface area contributed by atoms with Crippen molar-refractivity contribution in [2.24, 2.45) is 0 Å². The van der Waals surface area contributed by atoms with Crippen molar-refractivity contribution < 1.29 is 18.5 Å². The fourth-order valence-corrected chi connectivity index (χ4v) is 3.00. The number of benzene rings is 2. The SMILES string of the molecule is COc1ccc(O[C@H](C)C(=O)NCC[S@@](=O)c2ccccc2)cc1. The van der Waals surface area contributed by atoms with Gasteiger partial charge in [-0.3, -0.25) is 9.00 Å². The van der Waals surface area contributed by atoms with Crippen LogP contribution in [0, 0.1) is 0 Å². The lowest BCUT2D eigenvalue weighted by molar-refractivity contribution is -0.127. The summed E-state index contributed by atoms with van der Waals surface area (Å²) in [6.45, 7) is 2.00. The van der Waals surface area contributed by atoms with Crippen LogP contribution in [0.4, 0.5) is 0 Å². The summed E-state index contributed by atoms with van der Waals surface area (Å²) in [5.74, 6) is 1.44. The molecule has 0 saturated heterocycles. The topological polar surface area (TPSA) is 64.6 Å². The van der Waals surface area contributed by atoms with Gasteiger partial charge in [0, 0.05) is 17.2 Å². The van der Waals surface area contributed by atoms with Gasteiger partial charge in [-0.25, -0.2) is 0 Å². The molecule has 128 valence electrons. The molecular formula is C18H21NO4S. The van der Waals surface area contributed by atoms with Gasteiger partial charge in [0.05, 0.1) is 17.9 Å². The molecule has 1 amide bonds. The van der Waals surface area contributed by atoms with Crippen LogP contribution in [0.25, 0.3) is 0 Å². The Morgan fingerprint density at radius 2 is 1.71 bits per heavy atom. The van der Waals surface area contributed by atoms with Gasteiger partial charge in [0.25, 0.3) is 5.91 Å². The first-order chi connectivity index (χ1) is 11.6. The first-order valence-corrected chi connectivity index (χ1v) is 8.94. The standard InChI is InChI=1S/C18H21NO4S/c1-14(23-16-10-8-15(22-2)9-11-16)18(20)19-12-13-24(21)17-6-4-3-5-7-17/h3-11,14H,12-13H2,1-2H3,(H,19,20)/t14-,24-/m1/s1. The second-order valence-corrected chi connectivity index (χ2v) is 6.66. The van der Waals surface area contributed by atoms with Crippen molar-refractivity contribution in [2.45, 2.75) is 17.9 Å². The molecule has 1 N–H and O–H groups in total. The predicted octanol–water partition coefficient (Wildman–Crippen LogP) is 2.39. The molecule has 0 spiro atoms. The molecule has 0 aliphatic rings. The molecule has 0 unspecified atom stereocenters. The minimum Gasteiger partial charge on any atom is -0.497 e. The van der Waals surface area contributed by atoms with E-state index in [0.717, 1.165) is 10.6 Å². The highest BCUT2D eigenvalue weighted by atomic mass is 32.2. The van der Waals surface area contributed by atoms with Crippen molar-refractivity contribution in [3.8, 4) is 11.5 Å². The molecule has 0 fully saturated rings. The van der Waals surface area contributed by atoms with Crippen molar-refractivity contribution >= 4 is 16.7 Å². The highest BCUT2D eigenvalue weighted by Crippen LogP contribution is 2.18. The molecule has 5 nitrogen and oxygen atoms in total. The highest BCUT2D eigenvalue weighted by molar-refractivity contribution is 7.85. The van der Waals surface area contributed by atoms with E-state index in [2.05, 4.69) is 5.32 Å². The number of ether oxygens (including phenoxy) is 2. The van der Waals surface area contributed by atoms with Crippen LogP contribution < -0.4 is 14.8 Å². The molecule has 0 heterocycles. The van der Waals surface area contributed by atoms with E-state index in [1.807, 2.05) is 30.3 Å². The summed E-state index contributed by atoms with van der Waals surface area (Å²) in [6, 6.07) is 16.2. The van der Waals surface area contributed by atoms with Crippen LogP contribution in [-0.4, -0.2) is 35.6 Å². The van der Waals surface area contributed by atoms with Crippen molar-refractivity contribution in [3.05, 3.63) is 54.6 Å². The van der Waals surface area contributed by atoms with Crippen molar-refractivity contribution in [3.63, 3.8) is 0 Å². The van der Waals surface area contributed by atoms with Gasteiger partial charge in [-0.2, -0.15) is 0 Å². The third kappa shape index (κ3) is 5.38. The summed E-state index contributed by atoms with van der Waals surface area (Å²) < 4.78 is 22.7. The zero-order valence-corrected chi connectivity index (χ0v) is 14.5. The molecule has 6 heteroatoms. The van der Waals surface area contributed by atoms with E-state index >= 15 is 0 Å². The van der Waals surface area contributed by atoms with Crippen molar-refractivity contribution in [1.82, 2.24) is 5.32 Å². The largest absolute Gasteiger partial charge is 0.497 e. The average molecular weight is 347 g/mol. The van der Waals surface area contributed by atoms with E-state index in [0.29, 0.717) is 18.0 Å². The summed E-state index contributed by atoms with van der Waals surface area (Å²) in [7, 11) is 0.464. The number of nitrogens with one attached hydrogen (secondary N) is 1. The van der Waals surface area contributed by atoms with E-state index < -0.39 is 16.9 Å². The molecular weight excluding hydrogens is 326 g/mol. The van der Waals surface area contributed by atoms with Gasteiger partial charge in [-0.05, 0) is 43.3 Å². The van der Waals surface area contributed by atoms with E-state index in [9.17, 15) is 9.00 Å².